The van der Waals surface area contributed by atoms with E-state index in [1.807, 2.05) is 12.1 Å². The van der Waals surface area contributed by atoms with Crippen LogP contribution in [0.1, 0.15) is 24.0 Å². The summed E-state index contributed by atoms with van der Waals surface area (Å²) >= 11 is 18.2. The maximum Gasteiger partial charge on any atom is 0.227 e. The molecule has 162 valence electrons. The lowest BCUT2D eigenvalue weighted by atomic mass is 9.98. The third-order valence-electron chi connectivity index (χ3n) is 5.22. The average molecular weight is 490 g/mol. The summed E-state index contributed by atoms with van der Waals surface area (Å²) < 4.78 is 27.4. The number of nitrogens with zero attached hydrogens (tertiary/aromatic N) is 2. The van der Waals surface area contributed by atoms with Gasteiger partial charge in [-0.05, 0) is 42.7 Å². The van der Waals surface area contributed by atoms with Crippen LogP contribution in [0.5, 0.6) is 0 Å². The predicted octanol–water partition coefficient (Wildman–Crippen LogP) is 4.85. The van der Waals surface area contributed by atoms with Gasteiger partial charge < -0.3 is 4.90 Å². The number of carbonyl (C=O) groups excluding carboxylic acids is 1. The van der Waals surface area contributed by atoms with Crippen molar-refractivity contribution in [1.29, 1.82) is 0 Å². The van der Waals surface area contributed by atoms with Crippen molar-refractivity contribution in [3.63, 3.8) is 0 Å². The van der Waals surface area contributed by atoms with Gasteiger partial charge in [0.25, 0.3) is 0 Å². The van der Waals surface area contributed by atoms with E-state index >= 15 is 0 Å². The molecule has 0 bridgehead atoms. The van der Waals surface area contributed by atoms with E-state index < -0.39 is 10.0 Å². The van der Waals surface area contributed by atoms with Gasteiger partial charge in [-0.3, -0.25) is 4.79 Å². The second-order valence-corrected chi connectivity index (χ2v) is 10.7. The quantitative estimate of drug-likeness (QED) is 0.583. The van der Waals surface area contributed by atoms with Crippen molar-refractivity contribution in [3.8, 4) is 0 Å². The van der Waals surface area contributed by atoms with Gasteiger partial charge in [0.15, 0.2) is 0 Å². The van der Waals surface area contributed by atoms with Crippen molar-refractivity contribution in [2.75, 3.05) is 20.1 Å². The first-order valence-electron chi connectivity index (χ1n) is 9.57. The average Bonchev–Trinajstić information content (AvgIpc) is 2.72. The molecule has 1 aliphatic heterocycles. The lowest BCUT2D eigenvalue weighted by Gasteiger charge is -2.33. The molecule has 1 heterocycles. The third kappa shape index (κ3) is 5.68. The number of piperidine rings is 1. The summed E-state index contributed by atoms with van der Waals surface area (Å²) in [7, 11) is -1.93. The minimum Gasteiger partial charge on any atom is -0.341 e. The number of rotatable bonds is 6. The first-order valence-corrected chi connectivity index (χ1v) is 12.3. The molecule has 0 aromatic heterocycles. The van der Waals surface area contributed by atoms with Crippen molar-refractivity contribution in [2.45, 2.75) is 25.1 Å². The van der Waals surface area contributed by atoms with Crippen LogP contribution >= 0.6 is 34.8 Å². The number of carbonyl (C=O) groups is 1. The molecule has 2 aromatic carbocycles. The highest BCUT2D eigenvalue weighted by atomic mass is 35.5. The molecule has 1 fully saturated rings. The van der Waals surface area contributed by atoms with Gasteiger partial charge in [0, 0.05) is 47.3 Å². The molecule has 3 rings (SSSR count). The van der Waals surface area contributed by atoms with E-state index in [0.717, 1.165) is 5.56 Å². The van der Waals surface area contributed by atoms with Gasteiger partial charge in [-0.25, -0.2) is 12.7 Å². The van der Waals surface area contributed by atoms with Crippen molar-refractivity contribution < 1.29 is 13.2 Å². The summed E-state index contributed by atoms with van der Waals surface area (Å²) in [6.45, 7) is 0.984. The van der Waals surface area contributed by atoms with Gasteiger partial charge in [0.2, 0.25) is 15.9 Å². The lowest BCUT2D eigenvalue weighted by molar-refractivity contribution is -0.135. The molecule has 0 spiro atoms. The van der Waals surface area contributed by atoms with Crippen LogP contribution in [0.3, 0.4) is 0 Å². The third-order valence-corrected chi connectivity index (χ3v) is 7.96. The van der Waals surface area contributed by atoms with E-state index in [2.05, 4.69) is 0 Å². The normalized spacial score (nSPS) is 17.7. The second-order valence-electron chi connectivity index (χ2n) is 7.47. The van der Waals surface area contributed by atoms with E-state index in [4.69, 9.17) is 34.8 Å². The van der Waals surface area contributed by atoms with E-state index in [1.165, 1.54) is 4.31 Å². The van der Waals surface area contributed by atoms with Crippen molar-refractivity contribution in [2.24, 2.45) is 5.92 Å². The highest BCUT2D eigenvalue weighted by Crippen LogP contribution is 2.29. The smallest absolute Gasteiger partial charge is 0.227 e. The van der Waals surface area contributed by atoms with Crippen LogP contribution in [0.4, 0.5) is 0 Å². The van der Waals surface area contributed by atoms with Crippen LogP contribution in [0.2, 0.25) is 15.1 Å². The molecule has 2 aromatic rings. The van der Waals surface area contributed by atoms with E-state index in [9.17, 15) is 13.2 Å². The highest BCUT2D eigenvalue weighted by Gasteiger charge is 2.34. The minimum atomic E-state index is -3.66. The van der Waals surface area contributed by atoms with Gasteiger partial charge in [0.1, 0.15) is 0 Å². The fourth-order valence-electron chi connectivity index (χ4n) is 3.59. The largest absolute Gasteiger partial charge is 0.341 e. The maximum atomic E-state index is 13.0. The summed E-state index contributed by atoms with van der Waals surface area (Å²) in [5.74, 6) is -0.735. The zero-order chi connectivity index (χ0) is 21.9. The van der Waals surface area contributed by atoms with E-state index in [0.29, 0.717) is 46.6 Å². The van der Waals surface area contributed by atoms with Gasteiger partial charge in [-0.2, -0.15) is 0 Å². The summed E-state index contributed by atoms with van der Waals surface area (Å²) in [4.78, 5) is 14.6. The molecule has 1 aliphatic rings. The molecule has 1 saturated heterocycles. The Labute approximate surface area is 192 Å². The monoisotopic (exact) mass is 488 g/mol. The Morgan fingerprint density at radius 2 is 1.73 bits per heavy atom. The number of amides is 1. The number of sulfonamides is 1. The SMILES string of the molecule is CN(Cc1ccc(Cl)cc1)C(=O)[C@@H]1CCCN(S(=O)(=O)Cc2c(Cl)cccc2Cl)C1. The van der Waals surface area contributed by atoms with Crippen molar-refractivity contribution in [1.82, 2.24) is 9.21 Å². The molecule has 1 atom stereocenters. The fraction of sp³-hybridized carbons (Fsp3) is 0.381. The van der Waals surface area contributed by atoms with Gasteiger partial charge in [-0.1, -0.05) is 53.0 Å². The Hall–Kier alpha value is -1.31. The Balaban J connectivity index is 1.67. The number of halogens is 3. The Bertz CT molecular complexity index is 992. The first kappa shape index (κ1) is 23.4. The van der Waals surface area contributed by atoms with Crippen LogP contribution in [-0.4, -0.2) is 43.7 Å². The van der Waals surface area contributed by atoms with Crippen LogP contribution in [0, 0.1) is 5.92 Å². The molecule has 30 heavy (non-hydrogen) atoms. The summed E-state index contributed by atoms with van der Waals surface area (Å²) in [5.41, 5.74) is 1.35. The molecule has 0 unspecified atom stereocenters. The molecule has 0 N–H and O–H groups in total. The maximum absolute atomic E-state index is 13.0. The Kier molecular flexibility index (Phi) is 7.69. The standard InChI is InChI=1S/C21H23Cl3N2O3S/c1-25(12-15-7-9-17(22)10-8-15)21(27)16-4-3-11-26(13-16)30(28,29)14-18-19(23)5-2-6-20(18)24/h2,5-10,16H,3-4,11-14H2,1H3/t16-/m1/s1. The molecular formula is C21H23Cl3N2O3S. The molecule has 0 aliphatic carbocycles. The number of hydrogen-bond acceptors (Lipinski definition) is 3. The lowest BCUT2D eigenvalue weighted by Crippen LogP contribution is -2.46. The van der Waals surface area contributed by atoms with Gasteiger partial charge in [-0.15, -0.1) is 0 Å². The predicted molar refractivity (Wildman–Crippen MR) is 121 cm³/mol. The van der Waals surface area contributed by atoms with Crippen LogP contribution in [-0.2, 0) is 27.1 Å². The van der Waals surface area contributed by atoms with Gasteiger partial charge in [0.05, 0.1) is 11.7 Å². The van der Waals surface area contributed by atoms with Crippen LogP contribution in [0.15, 0.2) is 42.5 Å². The summed E-state index contributed by atoms with van der Waals surface area (Å²) in [6, 6.07) is 12.2. The topological polar surface area (TPSA) is 57.7 Å². The zero-order valence-electron chi connectivity index (χ0n) is 16.5. The van der Waals surface area contributed by atoms with Gasteiger partial charge >= 0.3 is 0 Å². The van der Waals surface area contributed by atoms with E-state index in [1.54, 1.807) is 42.3 Å². The number of benzene rings is 2. The molecule has 0 radical (unpaired) electrons. The molecule has 5 nitrogen and oxygen atoms in total. The second kappa shape index (κ2) is 9.88. The Morgan fingerprint density at radius 1 is 1.10 bits per heavy atom. The van der Waals surface area contributed by atoms with E-state index in [-0.39, 0.29) is 24.1 Å². The Morgan fingerprint density at radius 3 is 2.37 bits per heavy atom. The molecule has 0 saturated carbocycles. The zero-order valence-corrected chi connectivity index (χ0v) is 19.6. The van der Waals surface area contributed by atoms with Crippen molar-refractivity contribution in [3.05, 3.63) is 68.7 Å². The molecular weight excluding hydrogens is 467 g/mol. The summed E-state index contributed by atoms with van der Waals surface area (Å²) in [6.07, 6.45) is 1.28. The first-order chi connectivity index (χ1) is 14.2. The molecule has 9 heteroatoms. The molecule has 1 amide bonds. The fourth-order valence-corrected chi connectivity index (χ4v) is 6.08. The summed E-state index contributed by atoms with van der Waals surface area (Å²) in [5, 5.41) is 1.27. The number of hydrogen-bond donors (Lipinski definition) is 0. The van der Waals surface area contributed by atoms with Crippen LogP contribution < -0.4 is 0 Å². The minimum absolute atomic E-state index is 0.0689. The van der Waals surface area contributed by atoms with Crippen LogP contribution in [0.25, 0.3) is 0 Å². The van der Waals surface area contributed by atoms with Crippen molar-refractivity contribution >= 4 is 50.7 Å². The highest BCUT2D eigenvalue weighted by molar-refractivity contribution is 7.88.